The van der Waals surface area contributed by atoms with E-state index in [1.807, 2.05) is 12.1 Å². The number of hydrogen-bond acceptors (Lipinski definition) is 3. The molecule has 0 aromatic carbocycles. The third-order valence-corrected chi connectivity index (χ3v) is 3.44. The number of ether oxygens (including phenoxy) is 1. The highest BCUT2D eigenvalue weighted by Gasteiger charge is 2.17. The number of aliphatic hydroxyl groups excluding tert-OH is 1. The van der Waals surface area contributed by atoms with Crippen LogP contribution in [0.1, 0.15) is 29.2 Å². The summed E-state index contributed by atoms with van der Waals surface area (Å²) in [6.45, 7) is 4.82. The van der Waals surface area contributed by atoms with Crippen molar-refractivity contribution in [3.63, 3.8) is 0 Å². The number of methoxy groups -OCH3 is 1. The van der Waals surface area contributed by atoms with Gasteiger partial charge >= 0.3 is 0 Å². The number of thiophene rings is 1. The fourth-order valence-electron chi connectivity index (χ4n) is 1.35. The van der Waals surface area contributed by atoms with Gasteiger partial charge < -0.3 is 9.84 Å². The van der Waals surface area contributed by atoms with Gasteiger partial charge in [0.2, 0.25) is 0 Å². The van der Waals surface area contributed by atoms with Crippen molar-refractivity contribution < 1.29 is 9.84 Å². The van der Waals surface area contributed by atoms with Gasteiger partial charge in [-0.05, 0) is 31.4 Å². The Morgan fingerprint density at radius 1 is 1.50 bits per heavy atom. The first-order valence-electron chi connectivity index (χ1n) is 4.88. The van der Waals surface area contributed by atoms with Crippen molar-refractivity contribution in [1.82, 2.24) is 0 Å². The first-order chi connectivity index (χ1) is 6.65. The summed E-state index contributed by atoms with van der Waals surface area (Å²) < 4.78 is 5.00. The summed E-state index contributed by atoms with van der Waals surface area (Å²) >= 11 is 1.67. The lowest BCUT2D eigenvalue weighted by molar-refractivity contribution is 0.0912. The minimum atomic E-state index is -0.344. The zero-order valence-corrected chi connectivity index (χ0v) is 9.80. The van der Waals surface area contributed by atoms with Crippen LogP contribution >= 0.6 is 11.3 Å². The van der Waals surface area contributed by atoms with E-state index in [1.54, 1.807) is 18.4 Å². The zero-order chi connectivity index (χ0) is 10.6. The van der Waals surface area contributed by atoms with Gasteiger partial charge in [0.15, 0.2) is 0 Å². The Morgan fingerprint density at radius 2 is 2.21 bits per heavy atom. The standard InChI is InChI=1S/C11H18O2S/c1-8(6-7-13-3)11(12)10-5-4-9(2)14-10/h4-5,8,11-12H,6-7H2,1-3H3. The van der Waals surface area contributed by atoms with Crippen LogP contribution in [-0.4, -0.2) is 18.8 Å². The van der Waals surface area contributed by atoms with Crippen molar-refractivity contribution in [2.45, 2.75) is 26.4 Å². The normalized spacial score (nSPS) is 15.4. The van der Waals surface area contributed by atoms with Gasteiger partial charge in [-0.2, -0.15) is 0 Å². The molecule has 1 aromatic rings. The van der Waals surface area contributed by atoms with Crippen molar-refractivity contribution >= 4 is 11.3 Å². The molecular weight excluding hydrogens is 196 g/mol. The molecule has 0 bridgehead atoms. The Labute approximate surface area is 89.5 Å². The van der Waals surface area contributed by atoms with Gasteiger partial charge in [0.25, 0.3) is 0 Å². The smallest absolute Gasteiger partial charge is 0.0908 e. The third-order valence-electron chi connectivity index (χ3n) is 2.37. The second-order valence-corrected chi connectivity index (χ2v) is 4.97. The molecule has 2 unspecified atom stereocenters. The molecule has 1 heterocycles. The molecule has 1 aromatic heterocycles. The summed E-state index contributed by atoms with van der Waals surface area (Å²) in [5, 5.41) is 9.98. The Morgan fingerprint density at radius 3 is 2.71 bits per heavy atom. The Bertz CT molecular complexity index is 270. The Kier molecular flexibility index (Phi) is 4.58. The topological polar surface area (TPSA) is 29.5 Å². The van der Waals surface area contributed by atoms with Crippen molar-refractivity contribution in [3.05, 3.63) is 21.9 Å². The predicted octanol–water partition coefficient (Wildman–Crippen LogP) is 2.76. The number of hydrogen-bond donors (Lipinski definition) is 1. The van der Waals surface area contributed by atoms with Crippen molar-refractivity contribution in [2.24, 2.45) is 5.92 Å². The highest BCUT2D eigenvalue weighted by atomic mass is 32.1. The Balaban J connectivity index is 2.51. The largest absolute Gasteiger partial charge is 0.387 e. The summed E-state index contributed by atoms with van der Waals surface area (Å²) in [7, 11) is 1.69. The van der Waals surface area contributed by atoms with Crippen LogP contribution in [0, 0.1) is 12.8 Å². The van der Waals surface area contributed by atoms with Gasteiger partial charge in [0, 0.05) is 23.5 Å². The zero-order valence-electron chi connectivity index (χ0n) is 8.99. The van der Waals surface area contributed by atoms with Crippen LogP contribution in [-0.2, 0) is 4.74 Å². The first kappa shape index (κ1) is 11.7. The quantitative estimate of drug-likeness (QED) is 0.816. The second kappa shape index (κ2) is 5.49. The molecule has 0 fully saturated rings. The fraction of sp³-hybridized carbons (Fsp3) is 0.636. The van der Waals surface area contributed by atoms with E-state index in [0.29, 0.717) is 6.61 Å². The minimum absolute atomic E-state index is 0.257. The van der Waals surface area contributed by atoms with E-state index < -0.39 is 0 Å². The highest BCUT2D eigenvalue weighted by molar-refractivity contribution is 7.12. The summed E-state index contributed by atoms with van der Waals surface area (Å²) in [5.41, 5.74) is 0. The van der Waals surface area contributed by atoms with E-state index in [2.05, 4.69) is 13.8 Å². The van der Waals surface area contributed by atoms with Crippen LogP contribution in [0.2, 0.25) is 0 Å². The first-order valence-corrected chi connectivity index (χ1v) is 5.70. The van der Waals surface area contributed by atoms with E-state index in [1.165, 1.54) is 4.88 Å². The lowest BCUT2D eigenvalue weighted by atomic mass is 10.0. The van der Waals surface area contributed by atoms with E-state index in [9.17, 15) is 5.11 Å². The molecule has 2 nitrogen and oxygen atoms in total. The molecule has 0 radical (unpaired) electrons. The van der Waals surface area contributed by atoms with Crippen LogP contribution in [0.4, 0.5) is 0 Å². The summed E-state index contributed by atoms with van der Waals surface area (Å²) in [6, 6.07) is 4.06. The maximum absolute atomic E-state index is 9.98. The molecular formula is C11H18O2S. The molecule has 0 amide bonds. The molecule has 0 aliphatic heterocycles. The van der Waals surface area contributed by atoms with Gasteiger partial charge in [-0.25, -0.2) is 0 Å². The number of aryl methyl sites for hydroxylation is 1. The second-order valence-electron chi connectivity index (χ2n) is 3.65. The van der Waals surface area contributed by atoms with Gasteiger partial charge in [0.1, 0.15) is 0 Å². The Hall–Kier alpha value is -0.380. The molecule has 0 aliphatic rings. The van der Waals surface area contributed by atoms with Crippen LogP contribution in [0.3, 0.4) is 0 Å². The minimum Gasteiger partial charge on any atom is -0.387 e. The van der Waals surface area contributed by atoms with Crippen LogP contribution in [0.15, 0.2) is 12.1 Å². The van der Waals surface area contributed by atoms with Crippen molar-refractivity contribution in [1.29, 1.82) is 0 Å². The van der Waals surface area contributed by atoms with Crippen molar-refractivity contribution in [2.75, 3.05) is 13.7 Å². The molecule has 0 aliphatic carbocycles. The monoisotopic (exact) mass is 214 g/mol. The molecule has 3 heteroatoms. The van der Waals surface area contributed by atoms with Gasteiger partial charge in [-0.3, -0.25) is 0 Å². The average Bonchev–Trinajstić information content (AvgIpc) is 2.60. The fourth-order valence-corrected chi connectivity index (χ4v) is 2.35. The maximum Gasteiger partial charge on any atom is 0.0908 e. The lowest BCUT2D eigenvalue weighted by Gasteiger charge is -2.16. The molecule has 1 rings (SSSR count). The van der Waals surface area contributed by atoms with E-state index in [0.717, 1.165) is 11.3 Å². The lowest BCUT2D eigenvalue weighted by Crippen LogP contribution is -2.10. The van der Waals surface area contributed by atoms with E-state index in [4.69, 9.17) is 4.74 Å². The number of rotatable bonds is 5. The molecule has 80 valence electrons. The van der Waals surface area contributed by atoms with Gasteiger partial charge in [-0.15, -0.1) is 11.3 Å². The third kappa shape index (κ3) is 3.08. The molecule has 0 saturated carbocycles. The van der Waals surface area contributed by atoms with Crippen molar-refractivity contribution in [3.8, 4) is 0 Å². The highest BCUT2D eigenvalue weighted by Crippen LogP contribution is 2.29. The summed E-state index contributed by atoms with van der Waals surface area (Å²) in [4.78, 5) is 2.31. The van der Waals surface area contributed by atoms with Gasteiger partial charge in [0.05, 0.1) is 6.10 Å². The molecule has 0 saturated heterocycles. The SMILES string of the molecule is COCCC(C)C(O)c1ccc(C)s1. The predicted molar refractivity (Wildman–Crippen MR) is 59.7 cm³/mol. The van der Waals surface area contributed by atoms with Crippen LogP contribution in [0.5, 0.6) is 0 Å². The summed E-state index contributed by atoms with van der Waals surface area (Å²) in [6.07, 6.45) is 0.554. The average molecular weight is 214 g/mol. The molecule has 0 spiro atoms. The molecule has 1 N–H and O–H groups in total. The molecule has 14 heavy (non-hydrogen) atoms. The van der Waals surface area contributed by atoms with E-state index >= 15 is 0 Å². The van der Waals surface area contributed by atoms with Gasteiger partial charge in [-0.1, -0.05) is 6.92 Å². The molecule has 2 atom stereocenters. The maximum atomic E-state index is 9.98. The van der Waals surface area contributed by atoms with Crippen LogP contribution in [0.25, 0.3) is 0 Å². The van der Waals surface area contributed by atoms with E-state index in [-0.39, 0.29) is 12.0 Å². The van der Waals surface area contributed by atoms with Crippen LogP contribution < -0.4 is 0 Å². The number of aliphatic hydroxyl groups is 1. The summed E-state index contributed by atoms with van der Waals surface area (Å²) in [5.74, 6) is 0.257.